The van der Waals surface area contributed by atoms with Crippen LogP contribution < -0.4 is 19.6 Å². The maximum atomic E-state index is 12.2. The predicted octanol–water partition coefficient (Wildman–Crippen LogP) is 4.67. The summed E-state index contributed by atoms with van der Waals surface area (Å²) < 4.78 is 16.4. The number of hydrogen-bond donors (Lipinski definition) is 1. The van der Waals surface area contributed by atoms with Gasteiger partial charge in [0.15, 0.2) is 18.1 Å². The number of benzene rings is 3. The lowest BCUT2D eigenvalue weighted by atomic mass is 10.1. The second-order valence-electron chi connectivity index (χ2n) is 6.89. The second-order valence-corrected chi connectivity index (χ2v) is 6.89. The summed E-state index contributed by atoms with van der Waals surface area (Å²) in [7, 11) is 0. The number of nitrogens with one attached hydrogen (secondary N) is 1. The summed E-state index contributed by atoms with van der Waals surface area (Å²) in [6.45, 7) is 1.91. The van der Waals surface area contributed by atoms with Gasteiger partial charge in [-0.1, -0.05) is 60.7 Å². The molecular weight excluding hydrogens is 392 g/mol. The molecule has 0 aromatic heterocycles. The van der Waals surface area contributed by atoms with E-state index in [2.05, 4.69) is 10.5 Å². The van der Waals surface area contributed by atoms with Gasteiger partial charge in [0.1, 0.15) is 5.75 Å². The van der Waals surface area contributed by atoms with Crippen molar-refractivity contribution >= 4 is 17.7 Å². The van der Waals surface area contributed by atoms with E-state index in [1.54, 1.807) is 6.92 Å². The number of allylic oxidation sites excluding steroid dienone is 1. The van der Waals surface area contributed by atoms with E-state index in [0.717, 1.165) is 28.2 Å². The van der Waals surface area contributed by atoms with E-state index in [1.807, 2.05) is 84.9 Å². The molecule has 31 heavy (non-hydrogen) atoms. The molecular formula is C25H22N2O4. The molecule has 4 rings (SSSR count). The largest absolute Gasteiger partial charge is 0.483 e. The van der Waals surface area contributed by atoms with Gasteiger partial charge in [0.25, 0.3) is 5.91 Å². The van der Waals surface area contributed by atoms with Crippen molar-refractivity contribution < 1.29 is 19.0 Å². The molecule has 0 fully saturated rings. The van der Waals surface area contributed by atoms with Gasteiger partial charge < -0.3 is 14.2 Å². The number of rotatable bonds is 7. The van der Waals surface area contributed by atoms with Gasteiger partial charge in [-0.15, -0.1) is 0 Å². The van der Waals surface area contributed by atoms with E-state index in [1.165, 1.54) is 0 Å². The first kappa shape index (κ1) is 20.2. The SMILES string of the molecule is CC(/C=C\c1ccc2c(c1)OCO2)=NNC(=O)COc1ccccc1-c1ccccc1. The first-order chi connectivity index (χ1) is 15.2. The van der Waals surface area contributed by atoms with E-state index in [4.69, 9.17) is 14.2 Å². The van der Waals surface area contributed by atoms with Crippen molar-refractivity contribution in [1.29, 1.82) is 0 Å². The zero-order valence-electron chi connectivity index (χ0n) is 17.1. The van der Waals surface area contributed by atoms with Crippen LogP contribution in [0.5, 0.6) is 17.2 Å². The van der Waals surface area contributed by atoms with Gasteiger partial charge in [0.05, 0.1) is 5.71 Å². The van der Waals surface area contributed by atoms with Crippen LogP contribution in [0, 0.1) is 0 Å². The Morgan fingerprint density at radius 2 is 1.81 bits per heavy atom. The Kier molecular flexibility index (Phi) is 6.28. The summed E-state index contributed by atoms with van der Waals surface area (Å²) in [5.74, 6) is 1.77. The van der Waals surface area contributed by atoms with Gasteiger partial charge in [-0.2, -0.15) is 5.10 Å². The molecule has 3 aromatic rings. The van der Waals surface area contributed by atoms with Crippen LogP contribution in [-0.4, -0.2) is 25.0 Å². The molecule has 0 atom stereocenters. The summed E-state index contributed by atoms with van der Waals surface area (Å²) in [6.07, 6.45) is 3.70. The number of carbonyl (C=O) groups excluding carboxylic acids is 1. The molecule has 0 saturated heterocycles. The standard InChI is InChI=1S/C25H22N2O4/c1-18(11-12-19-13-14-23-24(15-19)31-17-30-23)26-27-25(28)16-29-22-10-6-5-9-21(22)20-7-3-2-4-8-20/h2-15H,16-17H2,1H3,(H,27,28)/b12-11-,26-18?. The molecule has 0 bridgehead atoms. The summed E-state index contributed by atoms with van der Waals surface area (Å²) >= 11 is 0. The fourth-order valence-electron chi connectivity index (χ4n) is 3.05. The molecule has 0 aliphatic carbocycles. The summed E-state index contributed by atoms with van der Waals surface area (Å²) in [5.41, 5.74) is 6.08. The summed E-state index contributed by atoms with van der Waals surface area (Å²) in [5, 5.41) is 4.10. The Morgan fingerprint density at radius 1 is 1.03 bits per heavy atom. The molecule has 0 saturated carbocycles. The highest BCUT2D eigenvalue weighted by atomic mass is 16.7. The lowest BCUT2D eigenvalue weighted by molar-refractivity contribution is -0.123. The van der Waals surface area contributed by atoms with Crippen LogP contribution in [0.2, 0.25) is 0 Å². The lowest BCUT2D eigenvalue weighted by Crippen LogP contribution is -2.25. The zero-order chi connectivity index (χ0) is 21.5. The molecule has 156 valence electrons. The highest BCUT2D eigenvalue weighted by Gasteiger charge is 2.12. The first-order valence-electron chi connectivity index (χ1n) is 9.87. The van der Waals surface area contributed by atoms with Crippen LogP contribution in [0.15, 0.2) is 84.0 Å². The molecule has 1 aliphatic heterocycles. The summed E-state index contributed by atoms with van der Waals surface area (Å²) in [6, 6.07) is 23.2. The number of fused-ring (bicyclic) bond motifs is 1. The van der Waals surface area contributed by atoms with Crippen molar-refractivity contribution in [2.24, 2.45) is 5.10 Å². The molecule has 1 aliphatic rings. The van der Waals surface area contributed by atoms with Crippen molar-refractivity contribution in [3.8, 4) is 28.4 Å². The van der Waals surface area contributed by atoms with Crippen molar-refractivity contribution in [2.75, 3.05) is 13.4 Å². The molecule has 0 radical (unpaired) electrons. The molecule has 1 N–H and O–H groups in total. The van der Waals surface area contributed by atoms with E-state index >= 15 is 0 Å². The number of nitrogens with zero attached hydrogens (tertiary/aromatic N) is 1. The molecule has 3 aromatic carbocycles. The smallest absolute Gasteiger partial charge is 0.277 e. The van der Waals surface area contributed by atoms with Gasteiger partial charge in [0, 0.05) is 5.56 Å². The quantitative estimate of drug-likeness (QED) is 0.451. The number of carbonyl (C=O) groups is 1. The average Bonchev–Trinajstić information content (AvgIpc) is 3.29. The van der Waals surface area contributed by atoms with Crippen LogP contribution in [-0.2, 0) is 4.79 Å². The Labute approximate surface area is 180 Å². The Bertz CT molecular complexity index is 1120. The van der Waals surface area contributed by atoms with Crippen molar-refractivity contribution in [1.82, 2.24) is 5.43 Å². The van der Waals surface area contributed by atoms with Crippen LogP contribution in [0.1, 0.15) is 12.5 Å². The minimum Gasteiger partial charge on any atom is -0.483 e. The predicted molar refractivity (Wildman–Crippen MR) is 120 cm³/mol. The van der Waals surface area contributed by atoms with Crippen molar-refractivity contribution in [2.45, 2.75) is 6.92 Å². The third-order valence-electron chi connectivity index (χ3n) is 4.60. The monoisotopic (exact) mass is 414 g/mol. The number of hydrazone groups is 1. The van der Waals surface area contributed by atoms with E-state index in [-0.39, 0.29) is 19.3 Å². The number of ether oxygens (including phenoxy) is 3. The van der Waals surface area contributed by atoms with E-state index in [9.17, 15) is 4.79 Å². The third kappa shape index (κ3) is 5.30. The second kappa shape index (κ2) is 9.63. The Morgan fingerprint density at radius 3 is 2.68 bits per heavy atom. The minimum absolute atomic E-state index is 0.132. The number of amides is 1. The third-order valence-corrected chi connectivity index (χ3v) is 4.60. The van der Waals surface area contributed by atoms with Crippen LogP contribution in [0.4, 0.5) is 0 Å². The van der Waals surface area contributed by atoms with E-state index < -0.39 is 0 Å². The van der Waals surface area contributed by atoms with Gasteiger partial charge in [0.2, 0.25) is 6.79 Å². The van der Waals surface area contributed by atoms with Crippen LogP contribution in [0.25, 0.3) is 17.2 Å². The molecule has 0 spiro atoms. The molecule has 6 nitrogen and oxygen atoms in total. The van der Waals surface area contributed by atoms with Gasteiger partial charge >= 0.3 is 0 Å². The van der Waals surface area contributed by atoms with Gasteiger partial charge in [-0.05, 0) is 42.3 Å². The lowest BCUT2D eigenvalue weighted by Gasteiger charge is -2.11. The average molecular weight is 414 g/mol. The fraction of sp³-hybridized carbons (Fsp3) is 0.120. The fourth-order valence-corrected chi connectivity index (χ4v) is 3.05. The number of hydrogen-bond acceptors (Lipinski definition) is 5. The number of para-hydroxylation sites is 1. The topological polar surface area (TPSA) is 69.2 Å². The van der Waals surface area contributed by atoms with Crippen LogP contribution in [0.3, 0.4) is 0 Å². The Hall–Kier alpha value is -4.06. The highest BCUT2D eigenvalue weighted by molar-refractivity contribution is 5.97. The maximum absolute atomic E-state index is 12.2. The summed E-state index contributed by atoms with van der Waals surface area (Å²) in [4.78, 5) is 12.2. The maximum Gasteiger partial charge on any atom is 0.277 e. The Balaban J connectivity index is 1.32. The van der Waals surface area contributed by atoms with Gasteiger partial charge in [-0.25, -0.2) is 5.43 Å². The zero-order valence-corrected chi connectivity index (χ0v) is 17.1. The van der Waals surface area contributed by atoms with E-state index in [0.29, 0.717) is 11.5 Å². The van der Waals surface area contributed by atoms with Gasteiger partial charge in [-0.3, -0.25) is 4.79 Å². The molecule has 1 amide bonds. The molecule has 6 heteroatoms. The minimum atomic E-state index is -0.335. The highest BCUT2D eigenvalue weighted by Crippen LogP contribution is 2.33. The molecule has 1 heterocycles. The van der Waals surface area contributed by atoms with Crippen molar-refractivity contribution in [3.63, 3.8) is 0 Å². The molecule has 0 unspecified atom stereocenters. The normalized spacial score (nSPS) is 12.7. The van der Waals surface area contributed by atoms with Crippen LogP contribution >= 0.6 is 0 Å². The van der Waals surface area contributed by atoms with Crippen molar-refractivity contribution in [3.05, 3.63) is 84.4 Å². The first-order valence-corrected chi connectivity index (χ1v) is 9.87.